The van der Waals surface area contributed by atoms with Gasteiger partial charge in [-0.2, -0.15) is 0 Å². The molecule has 0 saturated carbocycles. The van der Waals surface area contributed by atoms with Crippen molar-refractivity contribution in [3.8, 4) is 0 Å². The smallest absolute Gasteiger partial charge is 0.0489 e. The maximum absolute atomic E-state index is 9.15. The molecule has 0 heterocycles. The molecule has 0 bridgehead atoms. The Morgan fingerprint density at radius 1 is 1.20 bits per heavy atom. The molecule has 1 heteroatoms. The molecule has 0 atom stereocenters. The third-order valence-corrected chi connectivity index (χ3v) is 2.95. The molecule has 1 N–H and O–H groups in total. The Bertz CT molecular complexity index is 74.5. The van der Waals surface area contributed by atoms with E-state index < -0.39 is 0 Å². The highest BCUT2D eigenvalue weighted by Crippen LogP contribution is 2.33. The van der Waals surface area contributed by atoms with Gasteiger partial charge in [-0.25, -0.2) is 0 Å². The Labute approximate surface area is 64.5 Å². The Morgan fingerprint density at radius 2 is 1.60 bits per heavy atom. The van der Waals surface area contributed by atoms with E-state index in [0.717, 1.165) is 12.8 Å². The van der Waals surface area contributed by atoms with Crippen LogP contribution < -0.4 is 0 Å². The Balaban J connectivity index is 4.15. The van der Waals surface area contributed by atoms with Crippen LogP contribution in [0.2, 0.25) is 0 Å². The first-order chi connectivity index (χ1) is 4.63. The first-order valence-corrected chi connectivity index (χ1v) is 4.23. The molecule has 0 aromatic carbocycles. The molecule has 0 aliphatic carbocycles. The molecule has 0 aromatic heterocycles. The number of aliphatic hydroxyl groups is 1. The predicted molar refractivity (Wildman–Crippen MR) is 44.9 cm³/mol. The fourth-order valence-electron chi connectivity index (χ4n) is 1.47. The normalized spacial score (nSPS) is 12.6. The fourth-order valence-corrected chi connectivity index (χ4v) is 1.47. The van der Waals surface area contributed by atoms with Gasteiger partial charge in [-0.3, -0.25) is 0 Å². The van der Waals surface area contributed by atoms with Gasteiger partial charge in [-0.15, -0.1) is 0 Å². The van der Waals surface area contributed by atoms with Crippen molar-refractivity contribution in [2.75, 3.05) is 6.61 Å². The van der Waals surface area contributed by atoms with Crippen LogP contribution in [0.4, 0.5) is 0 Å². The highest BCUT2D eigenvalue weighted by atomic mass is 16.3. The van der Waals surface area contributed by atoms with E-state index in [9.17, 15) is 0 Å². The van der Waals surface area contributed by atoms with Gasteiger partial charge in [0, 0.05) is 6.61 Å². The summed E-state index contributed by atoms with van der Waals surface area (Å²) in [5, 5.41) is 9.15. The predicted octanol–water partition coefficient (Wildman–Crippen LogP) is 2.44. The van der Waals surface area contributed by atoms with Crippen molar-refractivity contribution >= 4 is 0 Å². The zero-order valence-electron chi connectivity index (χ0n) is 7.65. The monoisotopic (exact) mass is 144 g/mol. The summed E-state index contributed by atoms with van der Waals surface area (Å²) in [5.41, 5.74) is 0.181. The lowest BCUT2D eigenvalue weighted by atomic mass is 9.74. The lowest BCUT2D eigenvalue weighted by Crippen LogP contribution is -2.29. The molecule has 62 valence electrons. The van der Waals surface area contributed by atoms with Crippen molar-refractivity contribution in [1.29, 1.82) is 0 Å². The van der Waals surface area contributed by atoms with Crippen molar-refractivity contribution in [1.82, 2.24) is 0 Å². The minimum atomic E-state index is 0.181. The average Bonchev–Trinajstić information content (AvgIpc) is 1.92. The molecular weight excluding hydrogens is 124 g/mol. The van der Waals surface area contributed by atoms with E-state index in [0.29, 0.717) is 12.5 Å². The van der Waals surface area contributed by atoms with E-state index in [4.69, 9.17) is 5.11 Å². The van der Waals surface area contributed by atoms with Crippen molar-refractivity contribution in [3.05, 3.63) is 0 Å². The number of aliphatic hydroxyl groups excluding tert-OH is 1. The largest absolute Gasteiger partial charge is 0.396 e. The summed E-state index contributed by atoms with van der Waals surface area (Å²) in [4.78, 5) is 0. The maximum Gasteiger partial charge on any atom is 0.0489 e. The van der Waals surface area contributed by atoms with Crippen LogP contribution in [0.15, 0.2) is 0 Å². The molecule has 0 aromatic rings. The van der Waals surface area contributed by atoms with Crippen LogP contribution in [0.25, 0.3) is 0 Å². The molecule has 0 aliphatic rings. The van der Waals surface area contributed by atoms with Crippen molar-refractivity contribution in [2.45, 2.75) is 40.5 Å². The zero-order valence-corrected chi connectivity index (χ0v) is 7.65. The van der Waals surface area contributed by atoms with Gasteiger partial charge in [-0.1, -0.05) is 27.7 Å². The second-order valence-electron chi connectivity index (χ2n) is 3.38. The van der Waals surface area contributed by atoms with Gasteiger partial charge in [0.15, 0.2) is 0 Å². The summed E-state index contributed by atoms with van der Waals surface area (Å²) in [6, 6.07) is 0. The van der Waals surface area contributed by atoms with E-state index in [-0.39, 0.29) is 5.41 Å². The van der Waals surface area contributed by atoms with Gasteiger partial charge in [-0.05, 0) is 24.2 Å². The standard InChI is InChI=1S/C9H20O/c1-5-9(6-2,7-10)8(3)4/h8,10H,5-7H2,1-4H3. The molecular formula is C9H20O. The van der Waals surface area contributed by atoms with Gasteiger partial charge in [0.1, 0.15) is 0 Å². The molecule has 1 nitrogen and oxygen atoms in total. The van der Waals surface area contributed by atoms with E-state index in [1.165, 1.54) is 0 Å². The molecule has 0 fully saturated rings. The van der Waals surface area contributed by atoms with Crippen molar-refractivity contribution in [3.63, 3.8) is 0 Å². The van der Waals surface area contributed by atoms with Crippen molar-refractivity contribution in [2.24, 2.45) is 11.3 Å². The highest BCUT2D eigenvalue weighted by Gasteiger charge is 2.28. The minimum Gasteiger partial charge on any atom is -0.396 e. The number of rotatable bonds is 4. The van der Waals surface area contributed by atoms with E-state index in [2.05, 4.69) is 27.7 Å². The van der Waals surface area contributed by atoms with E-state index >= 15 is 0 Å². The Kier molecular flexibility index (Phi) is 3.95. The lowest BCUT2D eigenvalue weighted by Gasteiger charge is -2.33. The number of hydrogen-bond acceptors (Lipinski definition) is 1. The second-order valence-corrected chi connectivity index (χ2v) is 3.38. The van der Waals surface area contributed by atoms with Crippen LogP contribution in [0.3, 0.4) is 0 Å². The van der Waals surface area contributed by atoms with Gasteiger partial charge in [0.2, 0.25) is 0 Å². The molecule has 10 heavy (non-hydrogen) atoms. The van der Waals surface area contributed by atoms with Gasteiger partial charge in [0.05, 0.1) is 0 Å². The van der Waals surface area contributed by atoms with Crippen LogP contribution >= 0.6 is 0 Å². The van der Waals surface area contributed by atoms with Crippen LogP contribution in [0.5, 0.6) is 0 Å². The zero-order chi connectivity index (χ0) is 8.20. The van der Waals surface area contributed by atoms with E-state index in [1.54, 1.807) is 0 Å². The van der Waals surface area contributed by atoms with Gasteiger partial charge in [0.25, 0.3) is 0 Å². The Hall–Kier alpha value is -0.0400. The van der Waals surface area contributed by atoms with Crippen LogP contribution in [-0.4, -0.2) is 11.7 Å². The maximum atomic E-state index is 9.15. The summed E-state index contributed by atoms with van der Waals surface area (Å²) in [6.45, 7) is 9.00. The summed E-state index contributed by atoms with van der Waals surface area (Å²) in [5.74, 6) is 0.590. The quantitative estimate of drug-likeness (QED) is 0.642. The molecule has 0 spiro atoms. The first-order valence-electron chi connectivity index (χ1n) is 4.23. The van der Waals surface area contributed by atoms with Gasteiger partial charge < -0.3 is 5.11 Å². The average molecular weight is 144 g/mol. The van der Waals surface area contributed by atoms with Crippen molar-refractivity contribution < 1.29 is 5.11 Å². The third kappa shape index (κ3) is 1.72. The lowest BCUT2D eigenvalue weighted by molar-refractivity contribution is 0.0677. The summed E-state index contributed by atoms with van der Waals surface area (Å²) >= 11 is 0. The van der Waals surface area contributed by atoms with Gasteiger partial charge >= 0.3 is 0 Å². The molecule has 0 rings (SSSR count). The fraction of sp³-hybridized carbons (Fsp3) is 1.00. The molecule has 0 aliphatic heterocycles. The van der Waals surface area contributed by atoms with Crippen LogP contribution in [0, 0.1) is 11.3 Å². The summed E-state index contributed by atoms with van der Waals surface area (Å²) in [7, 11) is 0. The highest BCUT2D eigenvalue weighted by molar-refractivity contribution is 4.78. The number of hydrogen-bond donors (Lipinski definition) is 1. The molecule has 0 unspecified atom stereocenters. The second kappa shape index (κ2) is 3.97. The molecule has 0 saturated heterocycles. The Morgan fingerprint density at radius 3 is 1.60 bits per heavy atom. The molecule has 0 amide bonds. The SMILES string of the molecule is CCC(CC)(CO)C(C)C. The van der Waals surface area contributed by atoms with Crippen LogP contribution in [-0.2, 0) is 0 Å². The minimum absolute atomic E-state index is 0.181. The topological polar surface area (TPSA) is 20.2 Å². The summed E-state index contributed by atoms with van der Waals surface area (Å²) in [6.07, 6.45) is 2.16. The van der Waals surface area contributed by atoms with Crippen LogP contribution in [0.1, 0.15) is 40.5 Å². The first kappa shape index (κ1) is 9.96. The third-order valence-electron chi connectivity index (χ3n) is 2.95. The summed E-state index contributed by atoms with van der Waals surface area (Å²) < 4.78 is 0. The molecule has 0 radical (unpaired) electrons. The van der Waals surface area contributed by atoms with E-state index in [1.807, 2.05) is 0 Å².